The van der Waals surface area contributed by atoms with Crippen LogP contribution in [0.25, 0.3) is 22.4 Å². The van der Waals surface area contributed by atoms with E-state index >= 15 is 0 Å². The van der Waals surface area contributed by atoms with Gasteiger partial charge in [-0.1, -0.05) is 51.0 Å². The molecule has 5 N–H and O–H groups in total. The first kappa shape index (κ1) is 49.2. The first-order valence-electron chi connectivity index (χ1n) is 22.8. The average molecular weight is 946 g/mol. The Kier molecular flexibility index (Phi) is 15.3. The number of halogens is 3. The maximum absolute atomic E-state index is 14.2. The number of nitrogens with one attached hydrogen (secondary N) is 5. The zero-order chi connectivity index (χ0) is 48.8. The summed E-state index contributed by atoms with van der Waals surface area (Å²) < 4.78 is 55.5. The number of pyridine rings is 1. The highest BCUT2D eigenvalue weighted by Crippen LogP contribution is 2.46. The van der Waals surface area contributed by atoms with Crippen molar-refractivity contribution >= 4 is 41.2 Å². The lowest BCUT2D eigenvalue weighted by Crippen LogP contribution is -2.56. The molecular weight excluding hydrogens is 888 g/mol. The Morgan fingerprint density at radius 3 is 2.37 bits per heavy atom. The molecule has 2 aromatic heterocycles. The molecule has 1 saturated carbocycles. The fraction of sp³-hybridized carbons (Fsp3) is 0.479. The third-order valence-corrected chi connectivity index (χ3v) is 13.1. The van der Waals surface area contributed by atoms with Gasteiger partial charge >= 0.3 is 12.5 Å². The van der Waals surface area contributed by atoms with Gasteiger partial charge in [-0.25, -0.2) is 14.8 Å². The smallest absolute Gasteiger partial charge is 0.453 e. The van der Waals surface area contributed by atoms with Gasteiger partial charge in [-0.05, 0) is 92.3 Å². The molecule has 5 amide bonds. The quantitative estimate of drug-likeness (QED) is 0.0719. The van der Waals surface area contributed by atoms with Crippen molar-refractivity contribution in [2.24, 2.45) is 11.8 Å². The number of aromatic amines is 1. The number of methoxy groups -OCH3 is 2. The van der Waals surface area contributed by atoms with E-state index in [2.05, 4.69) is 36.0 Å². The second kappa shape index (κ2) is 21.1. The fourth-order valence-corrected chi connectivity index (χ4v) is 9.61. The molecule has 0 bridgehead atoms. The lowest BCUT2D eigenvalue weighted by atomic mass is 9.84. The number of carbonyl (C=O) groups is 5. The van der Waals surface area contributed by atoms with Crippen LogP contribution in [0.3, 0.4) is 0 Å². The third-order valence-electron chi connectivity index (χ3n) is 13.1. The minimum Gasteiger partial charge on any atom is -0.453 e. The van der Waals surface area contributed by atoms with E-state index in [9.17, 15) is 37.1 Å². The number of likely N-dealkylation sites (tertiary alicyclic amines) is 2. The highest BCUT2D eigenvalue weighted by atomic mass is 19.4. The molecule has 4 heterocycles. The van der Waals surface area contributed by atoms with E-state index in [4.69, 9.17) is 14.5 Å². The number of carbonyl (C=O) groups excluding carboxylic acids is 5. The van der Waals surface area contributed by atoms with Crippen molar-refractivity contribution in [3.8, 4) is 28.1 Å². The minimum atomic E-state index is -5.05. The SMILES string of the molecule is COCC(=O)N1CCC[C@@]1(C)C(=O)NCCNc1ccc(NC(=O)c2ccc(-c3ccc(-c4cnc([C@@H]5C[C@@H]6CCCC[C@@H]6N5C(=O)[C@@H](NC(=O)OC)C(C)C)[nH]4)cc3)c(OC(F)(F)F)c2)cn1. The number of rotatable bonds is 16. The van der Waals surface area contributed by atoms with Crippen LogP contribution >= 0.6 is 0 Å². The molecule has 2 aromatic carbocycles. The number of hydrogen-bond donors (Lipinski definition) is 5. The van der Waals surface area contributed by atoms with Crippen LogP contribution in [0.2, 0.25) is 0 Å². The van der Waals surface area contributed by atoms with Crippen molar-refractivity contribution in [1.29, 1.82) is 0 Å². The highest BCUT2D eigenvalue weighted by Gasteiger charge is 2.49. The number of amides is 5. The number of alkyl carbamates (subject to hydrolysis) is 1. The van der Waals surface area contributed by atoms with Gasteiger partial charge in [0.05, 0.1) is 36.9 Å². The molecule has 2 aliphatic heterocycles. The van der Waals surface area contributed by atoms with Crippen LogP contribution in [-0.4, -0.2) is 119 Å². The lowest BCUT2D eigenvalue weighted by molar-refractivity contribution is -0.274. The van der Waals surface area contributed by atoms with Crippen molar-refractivity contribution in [2.75, 3.05) is 51.1 Å². The molecule has 4 aromatic rings. The number of ether oxygens (including phenoxy) is 3. The minimum absolute atomic E-state index is 0.00682. The van der Waals surface area contributed by atoms with Crippen molar-refractivity contribution in [3.05, 3.63) is 78.4 Å². The maximum Gasteiger partial charge on any atom is 0.573 e. The van der Waals surface area contributed by atoms with E-state index in [-0.39, 0.29) is 71.6 Å². The van der Waals surface area contributed by atoms with Gasteiger partial charge in [-0.2, -0.15) is 0 Å². The molecule has 17 nitrogen and oxygen atoms in total. The topological polar surface area (TPSA) is 209 Å². The highest BCUT2D eigenvalue weighted by molar-refractivity contribution is 6.05. The molecule has 5 atom stereocenters. The van der Waals surface area contributed by atoms with Crippen LogP contribution in [0.15, 0.2) is 67.0 Å². The van der Waals surface area contributed by atoms with Gasteiger partial charge in [0.2, 0.25) is 17.7 Å². The van der Waals surface area contributed by atoms with Gasteiger partial charge < -0.3 is 50.3 Å². The Hall–Kier alpha value is -6.70. The van der Waals surface area contributed by atoms with Crippen LogP contribution in [-0.2, 0) is 23.9 Å². The number of benzene rings is 2. The summed E-state index contributed by atoms with van der Waals surface area (Å²) in [5.41, 5.74) is 1.05. The second-order valence-corrected chi connectivity index (χ2v) is 17.9. The first-order chi connectivity index (χ1) is 32.5. The Morgan fingerprint density at radius 1 is 0.926 bits per heavy atom. The number of H-pyrrole nitrogens is 1. The summed E-state index contributed by atoms with van der Waals surface area (Å²) in [6.45, 7) is 6.42. The molecule has 0 spiro atoms. The second-order valence-electron chi connectivity index (χ2n) is 17.9. The predicted molar refractivity (Wildman–Crippen MR) is 245 cm³/mol. The van der Waals surface area contributed by atoms with E-state index in [0.29, 0.717) is 60.8 Å². The summed E-state index contributed by atoms with van der Waals surface area (Å²) in [6.07, 6.45) is 3.18. The number of anilines is 2. The molecule has 2 saturated heterocycles. The lowest BCUT2D eigenvalue weighted by Gasteiger charge is -2.36. The van der Waals surface area contributed by atoms with E-state index in [1.807, 2.05) is 18.7 Å². The maximum atomic E-state index is 14.2. The summed E-state index contributed by atoms with van der Waals surface area (Å²) >= 11 is 0. The molecule has 1 aliphatic carbocycles. The van der Waals surface area contributed by atoms with Crippen LogP contribution in [0.4, 0.5) is 29.5 Å². The molecule has 3 aliphatic rings. The number of nitrogens with zero attached hydrogens (tertiary/aromatic N) is 4. The number of hydrogen-bond acceptors (Lipinski definition) is 11. The molecule has 364 valence electrons. The van der Waals surface area contributed by atoms with Gasteiger partial charge in [0.1, 0.15) is 35.6 Å². The number of aromatic nitrogens is 3. The molecule has 7 rings (SSSR count). The van der Waals surface area contributed by atoms with Crippen molar-refractivity contribution < 1.29 is 51.4 Å². The van der Waals surface area contributed by atoms with Crippen LogP contribution in [0.1, 0.15) is 87.9 Å². The van der Waals surface area contributed by atoms with Crippen LogP contribution in [0, 0.1) is 11.8 Å². The largest absolute Gasteiger partial charge is 0.573 e. The number of fused-ring (bicyclic) bond motifs is 1. The molecule has 68 heavy (non-hydrogen) atoms. The van der Waals surface area contributed by atoms with Crippen molar-refractivity contribution in [1.82, 2.24) is 35.4 Å². The monoisotopic (exact) mass is 945 g/mol. The van der Waals surface area contributed by atoms with E-state index in [1.54, 1.807) is 54.4 Å². The van der Waals surface area contributed by atoms with Gasteiger partial charge in [0.25, 0.3) is 5.91 Å². The van der Waals surface area contributed by atoms with Gasteiger partial charge in [-0.3, -0.25) is 19.2 Å². The van der Waals surface area contributed by atoms with Crippen LogP contribution in [0.5, 0.6) is 5.75 Å². The first-order valence-corrected chi connectivity index (χ1v) is 22.8. The van der Waals surface area contributed by atoms with E-state index in [0.717, 1.165) is 31.7 Å². The number of alkyl halides is 3. The summed E-state index contributed by atoms with van der Waals surface area (Å²) in [5, 5.41) is 11.3. The van der Waals surface area contributed by atoms with Crippen LogP contribution < -0.4 is 26.0 Å². The standard InChI is InChI=1S/C48H58F3N9O8/c1-28(2)41(58-46(65)67-5)44(63)60-36-10-7-6-9-31(36)23-37(60)42-55-26-35(57-42)30-13-11-29(12-14-30)34-17-15-32(24-38(34)68-48(49,50)51)43(62)56-33-16-18-39(54-25-33)52-20-21-53-45(64)47(3)19-8-22-59(47)40(61)27-66-4/h11-18,24-26,28,31,36-37,41H,6-10,19-23,27H2,1-5H3,(H,52,54)(H,53,64)(H,55,57)(H,56,62)(H,58,65)/t31-,36-,37-,41-,47-/m0/s1. The molecule has 3 fully saturated rings. The normalized spacial score (nSPS) is 20.6. The Morgan fingerprint density at radius 2 is 1.68 bits per heavy atom. The molecule has 0 radical (unpaired) electrons. The summed E-state index contributed by atoms with van der Waals surface area (Å²) in [7, 11) is 2.69. The van der Waals surface area contributed by atoms with Gasteiger partial charge in [-0.15, -0.1) is 13.2 Å². The summed E-state index contributed by atoms with van der Waals surface area (Å²) in [5.74, 6) is -0.834. The van der Waals surface area contributed by atoms with Crippen molar-refractivity contribution in [3.63, 3.8) is 0 Å². The Bertz CT molecular complexity index is 2450. The molecule has 0 unspecified atom stereocenters. The van der Waals surface area contributed by atoms with E-state index < -0.39 is 35.7 Å². The predicted octanol–water partition coefficient (Wildman–Crippen LogP) is 7.06. The third kappa shape index (κ3) is 11.2. The Labute approximate surface area is 392 Å². The fourth-order valence-electron chi connectivity index (χ4n) is 9.61. The zero-order valence-corrected chi connectivity index (χ0v) is 38.7. The summed E-state index contributed by atoms with van der Waals surface area (Å²) in [6, 6.07) is 12.6. The van der Waals surface area contributed by atoms with Crippen molar-refractivity contribution in [2.45, 2.75) is 95.7 Å². The van der Waals surface area contributed by atoms with E-state index in [1.165, 1.54) is 32.5 Å². The zero-order valence-electron chi connectivity index (χ0n) is 38.7. The number of imidazole rings is 1. The molecule has 20 heteroatoms. The Balaban J connectivity index is 0.991. The average Bonchev–Trinajstić information content (AvgIpc) is 4.07. The van der Waals surface area contributed by atoms with Gasteiger partial charge in [0.15, 0.2) is 0 Å². The summed E-state index contributed by atoms with van der Waals surface area (Å²) in [4.78, 5) is 81.0. The molecular formula is C48H58F3N9O8. The van der Waals surface area contributed by atoms with Gasteiger partial charge in [0, 0.05) is 43.9 Å².